The molecule has 0 fully saturated rings. The van der Waals surface area contributed by atoms with Gasteiger partial charge in [-0.1, -0.05) is 26.0 Å². The van der Waals surface area contributed by atoms with Crippen molar-refractivity contribution in [1.29, 1.82) is 0 Å². The molecule has 0 aliphatic heterocycles. The number of carbonyl (C=O) groups is 1. The highest BCUT2D eigenvalue weighted by atomic mass is 32.2. The van der Waals surface area contributed by atoms with Crippen LogP contribution >= 0.6 is 11.3 Å². The summed E-state index contributed by atoms with van der Waals surface area (Å²) in [5.74, 6) is 0.145. The van der Waals surface area contributed by atoms with E-state index in [2.05, 4.69) is 23.9 Å². The number of carbonyl (C=O) groups excluding carboxylic acids is 1. The number of nitrogens with one attached hydrogen (secondary N) is 2. The molecule has 8 heteroatoms. The Bertz CT molecular complexity index is 802. The molecule has 1 heterocycles. The van der Waals surface area contributed by atoms with Gasteiger partial charge in [0.05, 0.1) is 0 Å². The van der Waals surface area contributed by atoms with Gasteiger partial charge in [0, 0.05) is 23.8 Å². The molecule has 0 aliphatic carbocycles. The van der Waals surface area contributed by atoms with Crippen molar-refractivity contribution < 1.29 is 13.2 Å². The topological polar surface area (TPSA) is 101 Å². The third kappa shape index (κ3) is 5.55. The summed E-state index contributed by atoms with van der Waals surface area (Å²) in [5, 5.41) is 4.59. The summed E-state index contributed by atoms with van der Waals surface area (Å²) in [6, 6.07) is 9.49. The van der Waals surface area contributed by atoms with Crippen LogP contribution in [-0.2, 0) is 10.0 Å². The summed E-state index contributed by atoms with van der Waals surface area (Å²) in [7, 11) is -3.64. The maximum atomic E-state index is 12.4. The van der Waals surface area contributed by atoms with Gasteiger partial charge in [-0.15, -0.1) is 11.3 Å². The molecular formula is C17H23N3O3S2. The minimum absolute atomic E-state index is 0.112. The Morgan fingerprint density at radius 3 is 2.60 bits per heavy atom. The SMILES string of the molecule is CC(C)CC(CN)NC(=O)c1cccc(NS(=O)(=O)c2cccs2)c1. The molecule has 0 bridgehead atoms. The van der Waals surface area contributed by atoms with Crippen molar-refractivity contribution in [3.8, 4) is 0 Å². The van der Waals surface area contributed by atoms with Crippen molar-refractivity contribution in [2.24, 2.45) is 11.7 Å². The quantitative estimate of drug-likeness (QED) is 0.654. The number of rotatable bonds is 8. The van der Waals surface area contributed by atoms with E-state index in [-0.39, 0.29) is 16.2 Å². The number of amides is 1. The highest BCUT2D eigenvalue weighted by Gasteiger charge is 2.17. The van der Waals surface area contributed by atoms with Gasteiger partial charge in [0.25, 0.3) is 15.9 Å². The lowest BCUT2D eigenvalue weighted by atomic mass is 10.0. The zero-order valence-electron chi connectivity index (χ0n) is 14.2. The van der Waals surface area contributed by atoms with E-state index >= 15 is 0 Å². The molecule has 6 nitrogen and oxygen atoms in total. The monoisotopic (exact) mass is 381 g/mol. The van der Waals surface area contributed by atoms with Crippen LogP contribution in [0.2, 0.25) is 0 Å². The minimum Gasteiger partial charge on any atom is -0.348 e. The summed E-state index contributed by atoms with van der Waals surface area (Å²) in [5.41, 5.74) is 6.43. The maximum Gasteiger partial charge on any atom is 0.271 e. The first-order valence-electron chi connectivity index (χ1n) is 7.99. The Morgan fingerprint density at radius 2 is 2.00 bits per heavy atom. The highest BCUT2D eigenvalue weighted by Crippen LogP contribution is 2.21. The molecule has 1 aromatic carbocycles. The first-order valence-corrected chi connectivity index (χ1v) is 10.4. The number of sulfonamides is 1. The largest absolute Gasteiger partial charge is 0.348 e. The van der Waals surface area contributed by atoms with Crippen LogP contribution in [0, 0.1) is 5.92 Å². The van der Waals surface area contributed by atoms with Gasteiger partial charge in [-0.25, -0.2) is 8.42 Å². The van der Waals surface area contributed by atoms with E-state index in [4.69, 9.17) is 5.73 Å². The fraction of sp³-hybridized carbons (Fsp3) is 0.353. The minimum atomic E-state index is -3.64. The predicted molar refractivity (Wildman–Crippen MR) is 101 cm³/mol. The molecule has 2 rings (SSSR count). The van der Waals surface area contributed by atoms with Gasteiger partial charge >= 0.3 is 0 Å². The van der Waals surface area contributed by atoms with E-state index in [0.717, 1.165) is 17.8 Å². The molecule has 1 atom stereocenters. The lowest BCUT2D eigenvalue weighted by molar-refractivity contribution is 0.0934. The molecule has 136 valence electrons. The molecule has 1 aromatic heterocycles. The van der Waals surface area contributed by atoms with Crippen LogP contribution in [0.15, 0.2) is 46.0 Å². The van der Waals surface area contributed by atoms with Crippen LogP contribution in [0.25, 0.3) is 0 Å². The number of benzene rings is 1. The van der Waals surface area contributed by atoms with Gasteiger partial charge in [-0.2, -0.15) is 0 Å². The van der Waals surface area contributed by atoms with Crippen molar-refractivity contribution in [2.75, 3.05) is 11.3 Å². The molecular weight excluding hydrogens is 358 g/mol. The van der Waals surface area contributed by atoms with Crippen molar-refractivity contribution >= 4 is 33.0 Å². The molecule has 4 N–H and O–H groups in total. The number of hydrogen-bond acceptors (Lipinski definition) is 5. The fourth-order valence-electron chi connectivity index (χ4n) is 2.40. The summed E-state index contributed by atoms with van der Waals surface area (Å²) in [6.07, 6.45) is 0.785. The second-order valence-corrected chi connectivity index (χ2v) is 9.01. The van der Waals surface area contributed by atoms with Crippen LogP contribution in [0.3, 0.4) is 0 Å². The van der Waals surface area contributed by atoms with Crippen LogP contribution in [0.5, 0.6) is 0 Å². The number of nitrogens with two attached hydrogens (primary N) is 1. The third-order valence-electron chi connectivity index (χ3n) is 3.51. The Kier molecular flexibility index (Phi) is 6.57. The Balaban J connectivity index is 2.11. The van der Waals surface area contributed by atoms with Crippen molar-refractivity contribution in [1.82, 2.24) is 5.32 Å². The van der Waals surface area contributed by atoms with Crippen LogP contribution in [0.1, 0.15) is 30.6 Å². The molecule has 0 aliphatic rings. The van der Waals surface area contributed by atoms with Gasteiger partial charge in [-0.3, -0.25) is 9.52 Å². The second-order valence-electron chi connectivity index (χ2n) is 6.15. The molecule has 1 unspecified atom stereocenters. The van der Waals surface area contributed by atoms with Gasteiger partial charge < -0.3 is 11.1 Å². The fourth-order valence-corrected chi connectivity index (χ4v) is 4.44. The summed E-state index contributed by atoms with van der Waals surface area (Å²) < 4.78 is 27.3. The first kappa shape index (κ1) is 19.4. The third-order valence-corrected chi connectivity index (χ3v) is 6.29. The van der Waals surface area contributed by atoms with Crippen molar-refractivity contribution in [2.45, 2.75) is 30.5 Å². The predicted octanol–water partition coefficient (Wildman–Crippen LogP) is 2.65. The molecule has 0 radical (unpaired) electrons. The molecule has 1 amide bonds. The Morgan fingerprint density at radius 1 is 1.24 bits per heavy atom. The zero-order valence-corrected chi connectivity index (χ0v) is 15.9. The van der Waals surface area contributed by atoms with E-state index in [1.807, 2.05) is 0 Å². The number of anilines is 1. The average Bonchev–Trinajstić information content (AvgIpc) is 3.09. The standard InChI is InChI=1S/C17H23N3O3S2/c1-12(2)9-15(11-18)19-17(21)13-5-3-6-14(10-13)20-25(22,23)16-7-4-8-24-16/h3-8,10,12,15,20H,9,11,18H2,1-2H3,(H,19,21). The maximum absolute atomic E-state index is 12.4. The normalized spacial score (nSPS) is 12.8. The second kappa shape index (κ2) is 8.46. The van der Waals surface area contributed by atoms with Crippen LogP contribution < -0.4 is 15.8 Å². The number of thiophene rings is 1. The average molecular weight is 382 g/mol. The van der Waals surface area contributed by atoms with E-state index in [0.29, 0.717) is 23.7 Å². The molecule has 25 heavy (non-hydrogen) atoms. The van der Waals surface area contributed by atoms with E-state index < -0.39 is 10.0 Å². The first-order chi connectivity index (χ1) is 11.8. The lowest BCUT2D eigenvalue weighted by Gasteiger charge is -2.19. The van der Waals surface area contributed by atoms with Gasteiger partial charge in [-0.05, 0) is 42.0 Å². The van der Waals surface area contributed by atoms with E-state index in [1.54, 1.807) is 29.6 Å². The number of hydrogen-bond donors (Lipinski definition) is 3. The summed E-state index contributed by atoms with van der Waals surface area (Å²) in [4.78, 5) is 12.4. The zero-order chi connectivity index (χ0) is 18.4. The van der Waals surface area contributed by atoms with Crippen molar-refractivity contribution in [3.05, 3.63) is 47.3 Å². The highest BCUT2D eigenvalue weighted by molar-refractivity contribution is 7.94. The Labute approximate surface area is 152 Å². The summed E-state index contributed by atoms with van der Waals surface area (Å²) in [6.45, 7) is 4.48. The lowest BCUT2D eigenvalue weighted by Crippen LogP contribution is -2.41. The molecule has 0 saturated heterocycles. The van der Waals surface area contributed by atoms with Gasteiger partial charge in [0.1, 0.15) is 4.21 Å². The van der Waals surface area contributed by atoms with Crippen LogP contribution in [0.4, 0.5) is 5.69 Å². The van der Waals surface area contributed by atoms with Gasteiger partial charge in [0.15, 0.2) is 0 Å². The molecule has 0 saturated carbocycles. The Hall–Kier alpha value is -1.90. The van der Waals surface area contributed by atoms with E-state index in [1.165, 1.54) is 12.1 Å². The van der Waals surface area contributed by atoms with Gasteiger partial charge in [0.2, 0.25) is 0 Å². The molecule has 0 spiro atoms. The summed E-state index contributed by atoms with van der Waals surface area (Å²) >= 11 is 1.13. The van der Waals surface area contributed by atoms with Crippen molar-refractivity contribution in [3.63, 3.8) is 0 Å². The van der Waals surface area contributed by atoms with Crippen LogP contribution in [-0.4, -0.2) is 26.9 Å². The molecule has 2 aromatic rings. The van der Waals surface area contributed by atoms with E-state index in [9.17, 15) is 13.2 Å². The smallest absolute Gasteiger partial charge is 0.271 e.